The number of amides is 1. The van der Waals surface area contributed by atoms with E-state index in [1.165, 1.54) is 6.21 Å². The molecule has 1 N–H and O–H groups in total. The monoisotopic (exact) mass is 262 g/mol. The van der Waals surface area contributed by atoms with Crippen LogP contribution in [0.5, 0.6) is 0 Å². The number of furan rings is 1. The number of nitrogens with one attached hydrogen (secondary N) is 1. The summed E-state index contributed by atoms with van der Waals surface area (Å²) in [6, 6.07) is 10.4. The average molecular weight is 263 g/mol. The van der Waals surface area contributed by atoms with Crippen molar-refractivity contribution in [1.82, 2.24) is 5.43 Å². The maximum atomic E-state index is 11.6. The molecule has 0 fully saturated rings. The molecule has 1 aromatic heterocycles. The fourth-order valence-corrected chi connectivity index (χ4v) is 1.45. The molecule has 0 saturated carbocycles. The van der Waals surface area contributed by atoms with Crippen LogP contribution in [0.3, 0.4) is 0 Å². The summed E-state index contributed by atoms with van der Waals surface area (Å²) in [5.41, 5.74) is 3.22. The summed E-state index contributed by atoms with van der Waals surface area (Å²) in [4.78, 5) is 11.6. The molecule has 92 valence electrons. The number of hydrogen-bond donors (Lipinski definition) is 1. The van der Waals surface area contributed by atoms with Crippen molar-refractivity contribution in [1.29, 1.82) is 0 Å². The Kier molecular flexibility index (Phi) is 3.79. The number of halogens is 1. The van der Waals surface area contributed by atoms with Crippen molar-refractivity contribution in [3.05, 3.63) is 58.5 Å². The van der Waals surface area contributed by atoms with Crippen LogP contribution in [-0.4, -0.2) is 12.1 Å². The maximum Gasteiger partial charge on any atom is 0.307 e. The number of hydrogen-bond acceptors (Lipinski definition) is 3. The molecule has 4 nitrogen and oxygen atoms in total. The normalized spacial score (nSPS) is 10.8. The van der Waals surface area contributed by atoms with E-state index in [0.29, 0.717) is 10.8 Å². The molecule has 0 radical (unpaired) electrons. The quantitative estimate of drug-likeness (QED) is 0.683. The van der Waals surface area contributed by atoms with Gasteiger partial charge in [-0.1, -0.05) is 23.7 Å². The van der Waals surface area contributed by atoms with E-state index < -0.39 is 0 Å². The van der Waals surface area contributed by atoms with Gasteiger partial charge >= 0.3 is 5.91 Å². The molecule has 18 heavy (non-hydrogen) atoms. The van der Waals surface area contributed by atoms with Gasteiger partial charge in [0.05, 0.1) is 6.21 Å². The number of benzene rings is 1. The zero-order valence-corrected chi connectivity index (χ0v) is 10.4. The summed E-state index contributed by atoms with van der Waals surface area (Å²) >= 11 is 5.75. The van der Waals surface area contributed by atoms with Crippen LogP contribution in [0.4, 0.5) is 0 Å². The third kappa shape index (κ3) is 3.21. The maximum absolute atomic E-state index is 11.6. The molecule has 1 aromatic carbocycles. The average Bonchev–Trinajstić information content (AvgIpc) is 2.78. The van der Waals surface area contributed by atoms with Gasteiger partial charge in [-0.2, -0.15) is 5.10 Å². The first-order valence-corrected chi connectivity index (χ1v) is 5.68. The number of carbonyl (C=O) groups excluding carboxylic acids is 1. The van der Waals surface area contributed by atoms with Gasteiger partial charge in [-0.3, -0.25) is 4.79 Å². The second-order valence-electron chi connectivity index (χ2n) is 3.66. The SMILES string of the molecule is Cc1ccc(C(=O)N/N=C/c2ccc(Cl)cc2)o1. The first-order chi connectivity index (χ1) is 8.65. The highest BCUT2D eigenvalue weighted by molar-refractivity contribution is 6.30. The highest BCUT2D eigenvalue weighted by Crippen LogP contribution is 2.08. The van der Waals surface area contributed by atoms with Crippen LogP contribution >= 0.6 is 11.6 Å². The minimum Gasteiger partial charge on any atom is -0.456 e. The first-order valence-electron chi connectivity index (χ1n) is 5.30. The van der Waals surface area contributed by atoms with Crippen molar-refractivity contribution in [3.63, 3.8) is 0 Å². The summed E-state index contributed by atoms with van der Waals surface area (Å²) in [6.45, 7) is 1.77. The standard InChI is InChI=1S/C13H11ClN2O2/c1-9-2-7-12(18-9)13(17)16-15-8-10-3-5-11(14)6-4-10/h2-8H,1H3,(H,16,17)/b15-8+. The van der Waals surface area contributed by atoms with Crippen LogP contribution in [0, 0.1) is 6.92 Å². The third-order valence-corrected chi connectivity index (χ3v) is 2.47. The minimum absolute atomic E-state index is 0.237. The number of nitrogens with zero attached hydrogens (tertiary/aromatic N) is 1. The fourth-order valence-electron chi connectivity index (χ4n) is 1.33. The Labute approximate surface area is 109 Å². The molecule has 0 aliphatic carbocycles. The topological polar surface area (TPSA) is 54.6 Å². The lowest BCUT2D eigenvalue weighted by atomic mass is 10.2. The summed E-state index contributed by atoms with van der Waals surface area (Å²) in [5, 5.41) is 4.48. The molecule has 0 bridgehead atoms. The molecule has 5 heteroatoms. The molecule has 2 aromatic rings. The van der Waals surface area contributed by atoms with Crippen molar-refractivity contribution in [2.24, 2.45) is 5.10 Å². The first kappa shape index (κ1) is 12.4. The molecule has 0 spiro atoms. The summed E-state index contributed by atoms with van der Waals surface area (Å²) in [7, 11) is 0. The van der Waals surface area contributed by atoms with Crippen LogP contribution in [0.1, 0.15) is 21.9 Å². The van der Waals surface area contributed by atoms with Crippen LogP contribution in [0.25, 0.3) is 0 Å². The van der Waals surface area contributed by atoms with E-state index in [2.05, 4.69) is 10.5 Å². The van der Waals surface area contributed by atoms with Crippen LogP contribution in [0.2, 0.25) is 5.02 Å². The van der Waals surface area contributed by atoms with E-state index in [0.717, 1.165) is 5.56 Å². The number of hydrazone groups is 1. The lowest BCUT2D eigenvalue weighted by Gasteiger charge is -1.96. The van der Waals surface area contributed by atoms with Crippen molar-refractivity contribution in [2.75, 3.05) is 0 Å². The van der Waals surface area contributed by atoms with Crippen molar-refractivity contribution in [3.8, 4) is 0 Å². The van der Waals surface area contributed by atoms with Crippen LogP contribution < -0.4 is 5.43 Å². The largest absolute Gasteiger partial charge is 0.456 e. The van der Waals surface area contributed by atoms with E-state index in [9.17, 15) is 4.79 Å². The smallest absolute Gasteiger partial charge is 0.307 e. The predicted molar refractivity (Wildman–Crippen MR) is 70.0 cm³/mol. The molecular weight excluding hydrogens is 252 g/mol. The van der Waals surface area contributed by atoms with E-state index >= 15 is 0 Å². The van der Waals surface area contributed by atoms with E-state index in [1.807, 2.05) is 0 Å². The fraction of sp³-hybridized carbons (Fsp3) is 0.0769. The lowest BCUT2D eigenvalue weighted by Crippen LogP contribution is -2.16. The summed E-state index contributed by atoms with van der Waals surface area (Å²) < 4.78 is 5.16. The predicted octanol–water partition coefficient (Wildman–Crippen LogP) is 3.01. The van der Waals surface area contributed by atoms with Gasteiger partial charge in [0.15, 0.2) is 5.76 Å². The highest BCUT2D eigenvalue weighted by atomic mass is 35.5. The van der Waals surface area contributed by atoms with Gasteiger partial charge in [0.1, 0.15) is 5.76 Å². The molecule has 0 saturated heterocycles. The molecule has 0 aliphatic rings. The number of carbonyl (C=O) groups is 1. The van der Waals surface area contributed by atoms with E-state index in [4.69, 9.17) is 16.0 Å². The molecule has 0 atom stereocenters. The Balaban J connectivity index is 1.95. The zero-order chi connectivity index (χ0) is 13.0. The van der Waals surface area contributed by atoms with Gasteiger partial charge in [0.2, 0.25) is 0 Å². The third-order valence-electron chi connectivity index (χ3n) is 2.21. The van der Waals surface area contributed by atoms with Crippen molar-refractivity contribution in [2.45, 2.75) is 6.92 Å². The molecule has 2 rings (SSSR count). The van der Waals surface area contributed by atoms with Gasteiger partial charge < -0.3 is 4.42 Å². The Hall–Kier alpha value is -2.07. The van der Waals surface area contributed by atoms with E-state index in [-0.39, 0.29) is 11.7 Å². The Bertz CT molecular complexity index is 573. The number of rotatable bonds is 3. The molecule has 0 unspecified atom stereocenters. The van der Waals surface area contributed by atoms with Crippen LogP contribution in [-0.2, 0) is 0 Å². The number of aryl methyl sites for hydroxylation is 1. The minimum atomic E-state index is -0.381. The van der Waals surface area contributed by atoms with Crippen LogP contribution in [0.15, 0.2) is 45.9 Å². The second kappa shape index (κ2) is 5.51. The molecular formula is C13H11ClN2O2. The van der Waals surface area contributed by atoms with E-state index in [1.54, 1.807) is 43.3 Å². The van der Waals surface area contributed by atoms with Gasteiger partial charge in [-0.25, -0.2) is 5.43 Å². The molecule has 1 amide bonds. The van der Waals surface area contributed by atoms with Gasteiger partial charge in [0.25, 0.3) is 0 Å². The Morgan fingerprint density at radius 3 is 2.61 bits per heavy atom. The van der Waals surface area contributed by atoms with Gasteiger partial charge in [-0.05, 0) is 36.8 Å². The highest BCUT2D eigenvalue weighted by Gasteiger charge is 2.07. The summed E-state index contributed by atoms with van der Waals surface area (Å²) in [5.74, 6) is 0.538. The van der Waals surface area contributed by atoms with Gasteiger partial charge in [-0.15, -0.1) is 0 Å². The zero-order valence-electron chi connectivity index (χ0n) is 9.68. The second-order valence-corrected chi connectivity index (χ2v) is 4.10. The Morgan fingerprint density at radius 2 is 2.00 bits per heavy atom. The summed E-state index contributed by atoms with van der Waals surface area (Å²) in [6.07, 6.45) is 1.53. The van der Waals surface area contributed by atoms with Crippen molar-refractivity contribution >= 4 is 23.7 Å². The Morgan fingerprint density at radius 1 is 1.28 bits per heavy atom. The lowest BCUT2D eigenvalue weighted by molar-refractivity contribution is 0.0926. The van der Waals surface area contributed by atoms with Crippen molar-refractivity contribution < 1.29 is 9.21 Å². The van der Waals surface area contributed by atoms with Gasteiger partial charge in [0, 0.05) is 5.02 Å². The molecule has 1 heterocycles. The molecule has 0 aliphatic heterocycles.